The zero-order valence-electron chi connectivity index (χ0n) is 17.4. The molecule has 1 heterocycles. The average Bonchev–Trinajstić information content (AvgIpc) is 2.66. The lowest BCUT2D eigenvalue weighted by Gasteiger charge is -2.33. The third kappa shape index (κ3) is 8.78. The van der Waals surface area contributed by atoms with Crippen LogP contribution in [0.3, 0.4) is 0 Å². The molecule has 0 aromatic heterocycles. The highest BCUT2D eigenvalue weighted by atomic mass is 35.5. The van der Waals surface area contributed by atoms with Crippen LogP contribution in [0.2, 0.25) is 10.0 Å². The van der Waals surface area contributed by atoms with Crippen LogP contribution in [0.25, 0.3) is 0 Å². The van der Waals surface area contributed by atoms with E-state index in [-0.39, 0.29) is 12.5 Å². The van der Waals surface area contributed by atoms with Crippen LogP contribution in [-0.4, -0.2) is 81.7 Å². The highest BCUT2D eigenvalue weighted by Crippen LogP contribution is 2.21. The summed E-state index contributed by atoms with van der Waals surface area (Å²) in [4.78, 5) is 20.2. The van der Waals surface area contributed by atoms with Gasteiger partial charge in [-0.25, -0.2) is 4.99 Å². The number of likely N-dealkylation sites (N-methyl/N-ethyl adjacent to an activating group) is 1. The van der Waals surface area contributed by atoms with Gasteiger partial charge in [0.05, 0.1) is 6.61 Å². The number of rotatable bonds is 8. The number of likely N-dealkylation sites (tertiary alicyclic amines) is 1. The van der Waals surface area contributed by atoms with Gasteiger partial charge in [-0.3, -0.25) is 9.69 Å². The number of hydrogen-bond acceptors (Lipinski definition) is 4. The van der Waals surface area contributed by atoms with Gasteiger partial charge in [0.15, 0.2) is 5.96 Å². The Morgan fingerprint density at radius 1 is 1.24 bits per heavy atom. The maximum atomic E-state index is 11.8. The smallest absolute Gasteiger partial charge is 0.243 e. The number of guanidine groups is 1. The summed E-state index contributed by atoms with van der Waals surface area (Å²) in [5.41, 5.74) is 1.12. The number of amides is 1. The van der Waals surface area contributed by atoms with Crippen molar-refractivity contribution in [3.63, 3.8) is 0 Å². The molecule has 7 nitrogen and oxygen atoms in total. The van der Waals surface area contributed by atoms with Gasteiger partial charge in [0.1, 0.15) is 6.54 Å². The minimum atomic E-state index is -0.0344. The number of halogens is 2. The van der Waals surface area contributed by atoms with Gasteiger partial charge in [-0.15, -0.1) is 0 Å². The quantitative estimate of drug-likeness (QED) is 0.366. The summed E-state index contributed by atoms with van der Waals surface area (Å²) in [7, 11) is 5.11. The number of carbonyl (C=O) groups excluding carboxylic acids is 1. The van der Waals surface area contributed by atoms with Crippen LogP contribution >= 0.6 is 23.2 Å². The summed E-state index contributed by atoms with van der Waals surface area (Å²) >= 11 is 12.2. The minimum absolute atomic E-state index is 0.0344. The highest BCUT2D eigenvalue weighted by molar-refractivity contribution is 6.34. The number of carbonyl (C=O) groups is 1. The molecule has 2 rings (SSSR count). The maximum absolute atomic E-state index is 11.8. The van der Waals surface area contributed by atoms with Crippen LogP contribution in [0.5, 0.6) is 0 Å². The molecule has 0 aliphatic carbocycles. The number of methoxy groups -OCH3 is 1. The van der Waals surface area contributed by atoms with Gasteiger partial charge in [0, 0.05) is 63.5 Å². The Balaban J connectivity index is 1.86. The molecule has 1 amide bonds. The van der Waals surface area contributed by atoms with E-state index in [0.717, 1.165) is 38.0 Å². The van der Waals surface area contributed by atoms with Crippen LogP contribution in [0, 0.1) is 0 Å². The first-order valence-electron chi connectivity index (χ1n) is 9.78. The van der Waals surface area contributed by atoms with E-state index in [4.69, 9.17) is 27.9 Å². The fourth-order valence-electron chi connectivity index (χ4n) is 3.10. The summed E-state index contributed by atoms with van der Waals surface area (Å²) in [6.07, 6.45) is 1.97. The Morgan fingerprint density at radius 3 is 2.48 bits per heavy atom. The first kappa shape index (κ1) is 23.7. The molecular weight excluding hydrogens is 413 g/mol. The first-order valence-corrected chi connectivity index (χ1v) is 10.5. The molecule has 162 valence electrons. The number of hydrogen-bond donors (Lipinski definition) is 2. The van der Waals surface area contributed by atoms with E-state index in [9.17, 15) is 4.79 Å². The number of piperidine rings is 1. The molecule has 0 spiro atoms. The molecule has 0 saturated carbocycles. The molecular formula is C20H31Cl2N5O2. The summed E-state index contributed by atoms with van der Waals surface area (Å²) in [5.74, 6) is 0.616. The standard InChI is InChI=1S/C20H31Cl2N5O2/c1-26(2)19(28)13-24-20(23-6-9-29-3)25-18-4-7-27(8-5-18)14-15-10-16(21)12-17(22)11-15/h10-12,18H,4-9,13-14H2,1-3H3,(H2,23,24,25). The Labute approximate surface area is 183 Å². The molecule has 0 bridgehead atoms. The topological polar surface area (TPSA) is 69.2 Å². The Morgan fingerprint density at radius 2 is 1.90 bits per heavy atom. The van der Waals surface area contributed by atoms with Crippen LogP contribution in [0.15, 0.2) is 23.2 Å². The van der Waals surface area contributed by atoms with Crippen molar-refractivity contribution in [3.05, 3.63) is 33.8 Å². The summed E-state index contributed by atoms with van der Waals surface area (Å²) in [5, 5.41) is 8.01. The largest absolute Gasteiger partial charge is 0.383 e. The van der Waals surface area contributed by atoms with E-state index < -0.39 is 0 Å². The Kier molecular flexibility index (Phi) is 10.0. The lowest BCUT2D eigenvalue weighted by Crippen LogP contribution is -2.49. The Bertz CT molecular complexity index is 671. The van der Waals surface area contributed by atoms with Gasteiger partial charge in [-0.2, -0.15) is 0 Å². The Hall–Kier alpha value is -1.54. The van der Waals surface area contributed by atoms with Crippen molar-refractivity contribution in [2.24, 2.45) is 4.99 Å². The highest BCUT2D eigenvalue weighted by Gasteiger charge is 2.20. The zero-order chi connectivity index (χ0) is 21.2. The van der Waals surface area contributed by atoms with Gasteiger partial charge in [-0.05, 0) is 36.6 Å². The SMILES string of the molecule is COCCNC(=NCC(=O)N(C)C)NC1CCN(Cc2cc(Cl)cc(Cl)c2)CC1. The van der Waals surface area contributed by atoms with E-state index >= 15 is 0 Å². The predicted molar refractivity (Wildman–Crippen MR) is 119 cm³/mol. The van der Waals surface area contributed by atoms with E-state index in [1.165, 1.54) is 4.90 Å². The van der Waals surface area contributed by atoms with Crippen molar-refractivity contribution in [2.45, 2.75) is 25.4 Å². The van der Waals surface area contributed by atoms with Crippen molar-refractivity contribution >= 4 is 35.1 Å². The monoisotopic (exact) mass is 443 g/mol. The van der Waals surface area contributed by atoms with Crippen LogP contribution in [0.4, 0.5) is 0 Å². The number of nitrogens with one attached hydrogen (secondary N) is 2. The van der Waals surface area contributed by atoms with Crippen molar-refractivity contribution in [1.82, 2.24) is 20.4 Å². The number of benzene rings is 1. The lowest BCUT2D eigenvalue weighted by atomic mass is 10.0. The minimum Gasteiger partial charge on any atom is -0.383 e. The molecule has 1 aromatic carbocycles. The summed E-state index contributed by atoms with van der Waals surface area (Å²) in [6.45, 7) is 4.07. The maximum Gasteiger partial charge on any atom is 0.243 e. The van der Waals surface area contributed by atoms with Gasteiger partial charge in [-0.1, -0.05) is 23.2 Å². The molecule has 0 radical (unpaired) electrons. The molecule has 1 aliphatic heterocycles. The summed E-state index contributed by atoms with van der Waals surface area (Å²) in [6, 6.07) is 5.98. The van der Waals surface area contributed by atoms with E-state index in [1.807, 2.05) is 12.1 Å². The van der Waals surface area contributed by atoms with Gasteiger partial charge < -0.3 is 20.3 Å². The van der Waals surface area contributed by atoms with Crippen LogP contribution < -0.4 is 10.6 Å². The molecule has 1 aromatic rings. The van der Waals surface area contributed by atoms with E-state index in [0.29, 0.717) is 35.2 Å². The van der Waals surface area contributed by atoms with Crippen molar-refractivity contribution in [2.75, 3.05) is 54.0 Å². The second-order valence-electron chi connectivity index (χ2n) is 7.35. The summed E-state index contributed by atoms with van der Waals surface area (Å²) < 4.78 is 5.09. The first-order chi connectivity index (χ1) is 13.9. The molecule has 29 heavy (non-hydrogen) atoms. The van der Waals surface area contributed by atoms with Crippen molar-refractivity contribution in [3.8, 4) is 0 Å². The molecule has 0 atom stereocenters. The average molecular weight is 444 g/mol. The predicted octanol–water partition coefficient (Wildman–Crippen LogP) is 2.23. The fraction of sp³-hybridized carbons (Fsp3) is 0.600. The molecule has 9 heteroatoms. The number of ether oxygens (including phenoxy) is 1. The number of nitrogens with zero attached hydrogens (tertiary/aromatic N) is 3. The van der Waals surface area contributed by atoms with E-state index in [2.05, 4.69) is 20.5 Å². The molecule has 0 unspecified atom stereocenters. The second kappa shape index (κ2) is 12.2. The van der Waals surface area contributed by atoms with Crippen molar-refractivity contribution in [1.29, 1.82) is 0 Å². The molecule has 1 fully saturated rings. The normalized spacial score (nSPS) is 16.0. The third-order valence-electron chi connectivity index (χ3n) is 4.73. The lowest BCUT2D eigenvalue weighted by molar-refractivity contribution is -0.127. The number of aliphatic imine (C=N–C) groups is 1. The second-order valence-corrected chi connectivity index (χ2v) is 8.22. The zero-order valence-corrected chi connectivity index (χ0v) is 18.9. The van der Waals surface area contributed by atoms with Gasteiger partial charge >= 0.3 is 0 Å². The van der Waals surface area contributed by atoms with Crippen LogP contribution in [0.1, 0.15) is 18.4 Å². The fourth-order valence-corrected chi connectivity index (χ4v) is 3.67. The van der Waals surface area contributed by atoms with E-state index in [1.54, 1.807) is 27.3 Å². The van der Waals surface area contributed by atoms with Crippen LogP contribution in [-0.2, 0) is 16.1 Å². The third-order valence-corrected chi connectivity index (χ3v) is 5.16. The molecule has 1 aliphatic rings. The van der Waals surface area contributed by atoms with Gasteiger partial charge in [0.2, 0.25) is 5.91 Å². The molecule has 1 saturated heterocycles. The molecule has 2 N–H and O–H groups in total. The van der Waals surface area contributed by atoms with Crippen molar-refractivity contribution < 1.29 is 9.53 Å². The van der Waals surface area contributed by atoms with Gasteiger partial charge in [0.25, 0.3) is 0 Å².